The van der Waals surface area contributed by atoms with E-state index in [1.807, 2.05) is 0 Å². The van der Waals surface area contributed by atoms with Crippen LogP contribution in [0, 0.1) is 26.7 Å². The van der Waals surface area contributed by atoms with Crippen molar-refractivity contribution in [3.8, 4) is 11.4 Å². The van der Waals surface area contributed by atoms with Gasteiger partial charge in [-0.05, 0) is 48.9 Å². The monoisotopic (exact) mass is 492 g/mol. The van der Waals surface area contributed by atoms with Gasteiger partial charge in [0, 0.05) is 43.4 Å². The van der Waals surface area contributed by atoms with E-state index < -0.39 is 0 Å². The minimum atomic E-state index is -0.339. The predicted molar refractivity (Wildman–Crippen MR) is 154 cm³/mol. The predicted octanol–water partition coefficient (Wildman–Crippen LogP) is 6.59. The first kappa shape index (κ1) is 25.4. The first-order valence-corrected chi connectivity index (χ1v) is 13.6. The Morgan fingerprint density at radius 1 is 0.757 bits per heavy atom. The summed E-state index contributed by atoms with van der Waals surface area (Å²) in [6, 6.07) is 28.4. The summed E-state index contributed by atoms with van der Waals surface area (Å²) >= 11 is 0. The molecule has 1 aliphatic rings. The van der Waals surface area contributed by atoms with Gasteiger partial charge in [0.05, 0.1) is 11.2 Å². The molecule has 0 aliphatic carbocycles. The van der Waals surface area contributed by atoms with Crippen LogP contribution in [-0.4, -0.2) is 41.0 Å². The van der Waals surface area contributed by atoms with Crippen molar-refractivity contribution >= 4 is 0 Å². The zero-order valence-corrected chi connectivity index (χ0v) is 22.9. The zero-order chi connectivity index (χ0) is 26.0. The summed E-state index contributed by atoms with van der Waals surface area (Å²) in [7, 11) is 0. The van der Waals surface area contributed by atoms with Crippen molar-refractivity contribution in [1.82, 2.24) is 20.2 Å². The summed E-state index contributed by atoms with van der Waals surface area (Å²) in [4.78, 5) is 11.9. The second-order valence-electron chi connectivity index (χ2n) is 10.8. The number of rotatable bonds is 7. The van der Waals surface area contributed by atoms with Crippen molar-refractivity contribution in [3.05, 3.63) is 113 Å². The number of imidazole rings is 1. The third kappa shape index (κ3) is 4.54. The van der Waals surface area contributed by atoms with E-state index in [1.54, 1.807) is 0 Å². The molecule has 1 aromatic heterocycles. The Morgan fingerprint density at radius 2 is 1.30 bits per heavy atom. The van der Waals surface area contributed by atoms with Crippen LogP contribution in [0.25, 0.3) is 11.4 Å². The molecule has 4 nitrogen and oxygen atoms in total. The van der Waals surface area contributed by atoms with E-state index in [1.165, 1.54) is 27.9 Å². The molecule has 4 aromatic rings. The molecule has 0 amide bonds. The van der Waals surface area contributed by atoms with E-state index in [0.717, 1.165) is 43.3 Å². The highest BCUT2D eigenvalue weighted by atomic mass is 15.3. The summed E-state index contributed by atoms with van der Waals surface area (Å²) in [5, 5.41) is 3.59. The van der Waals surface area contributed by atoms with Gasteiger partial charge in [-0.1, -0.05) is 92.7 Å². The van der Waals surface area contributed by atoms with E-state index in [0.29, 0.717) is 5.92 Å². The van der Waals surface area contributed by atoms with Crippen molar-refractivity contribution in [2.45, 2.75) is 46.1 Å². The zero-order valence-electron chi connectivity index (χ0n) is 22.9. The fourth-order valence-electron chi connectivity index (χ4n) is 6.52. The molecule has 0 radical (unpaired) electrons. The lowest BCUT2D eigenvalue weighted by atomic mass is 9.64. The maximum absolute atomic E-state index is 5.46. The van der Waals surface area contributed by atoms with Crippen LogP contribution >= 0.6 is 0 Å². The Bertz CT molecular complexity index is 1290. The van der Waals surface area contributed by atoms with Crippen molar-refractivity contribution in [2.24, 2.45) is 5.92 Å². The molecule has 1 atom stereocenters. The van der Waals surface area contributed by atoms with E-state index in [4.69, 9.17) is 4.98 Å². The van der Waals surface area contributed by atoms with Crippen LogP contribution in [0.15, 0.2) is 78.9 Å². The topological polar surface area (TPSA) is 44.0 Å². The van der Waals surface area contributed by atoms with Gasteiger partial charge in [0.2, 0.25) is 0 Å². The van der Waals surface area contributed by atoms with Crippen LogP contribution in [-0.2, 0) is 5.54 Å². The van der Waals surface area contributed by atoms with E-state index in [9.17, 15) is 0 Å². The lowest BCUT2D eigenvalue weighted by Crippen LogP contribution is -2.60. The maximum Gasteiger partial charge on any atom is 0.137 e. The van der Waals surface area contributed by atoms with E-state index in [2.05, 4.69) is 129 Å². The molecule has 1 unspecified atom stereocenters. The summed E-state index contributed by atoms with van der Waals surface area (Å²) in [5.74, 6) is 1.38. The highest BCUT2D eigenvalue weighted by Crippen LogP contribution is 2.52. The second kappa shape index (κ2) is 10.6. The summed E-state index contributed by atoms with van der Waals surface area (Å²) in [6.45, 7) is 15.4. The van der Waals surface area contributed by atoms with E-state index >= 15 is 0 Å². The van der Waals surface area contributed by atoms with Crippen LogP contribution in [0.1, 0.15) is 53.4 Å². The van der Waals surface area contributed by atoms with Gasteiger partial charge >= 0.3 is 0 Å². The van der Waals surface area contributed by atoms with Crippen LogP contribution < -0.4 is 5.32 Å². The fourth-order valence-corrected chi connectivity index (χ4v) is 6.52. The lowest BCUT2D eigenvalue weighted by Gasteiger charge is -2.53. The Kier molecular flexibility index (Phi) is 7.32. The number of H-pyrrole nitrogens is 1. The standard InChI is InChI=1S/C33H40N4/c1-23(2)33(37-21-19-34-20-22-37,31-26(5)35-32(36-31)27-15-7-6-8-16-27)30(28-17-11-9-13-24(28)3)29-18-12-10-14-25(29)4/h6-18,23,30,34H,19-22H2,1-5H3,(H,35,36). The quantitative estimate of drug-likeness (QED) is 0.306. The SMILES string of the molecule is Cc1ccccc1C(c1ccccc1C)C(c1nc(-c2ccccc2)[nH]c1C)(C(C)C)N1CCNCC1. The minimum Gasteiger partial charge on any atom is -0.342 e. The minimum absolute atomic E-state index is 0.124. The molecule has 1 saturated heterocycles. The average molecular weight is 493 g/mol. The van der Waals surface area contributed by atoms with Gasteiger partial charge in [-0.2, -0.15) is 0 Å². The summed E-state index contributed by atoms with van der Waals surface area (Å²) in [6.07, 6.45) is 0. The van der Waals surface area contributed by atoms with Gasteiger partial charge in [0.15, 0.2) is 0 Å². The van der Waals surface area contributed by atoms with Gasteiger partial charge in [-0.25, -0.2) is 4.98 Å². The first-order chi connectivity index (χ1) is 17.9. The van der Waals surface area contributed by atoms with Gasteiger partial charge in [-0.3, -0.25) is 4.90 Å². The van der Waals surface area contributed by atoms with E-state index in [-0.39, 0.29) is 11.5 Å². The van der Waals surface area contributed by atoms with Crippen LogP contribution in [0.4, 0.5) is 0 Å². The molecule has 2 N–H and O–H groups in total. The Balaban J connectivity index is 1.85. The number of aromatic amines is 1. The molecule has 192 valence electrons. The number of hydrogen-bond acceptors (Lipinski definition) is 3. The smallest absolute Gasteiger partial charge is 0.137 e. The lowest BCUT2D eigenvalue weighted by molar-refractivity contribution is 0.0105. The van der Waals surface area contributed by atoms with Gasteiger partial charge in [-0.15, -0.1) is 0 Å². The Morgan fingerprint density at radius 3 is 1.84 bits per heavy atom. The summed E-state index contributed by atoms with van der Waals surface area (Å²) in [5.41, 5.74) is 8.52. The second-order valence-corrected chi connectivity index (χ2v) is 10.8. The third-order valence-electron chi connectivity index (χ3n) is 8.27. The molecule has 4 heteroatoms. The van der Waals surface area contributed by atoms with Crippen molar-refractivity contribution < 1.29 is 0 Å². The molecule has 2 heterocycles. The molecule has 0 spiro atoms. The fraction of sp³-hybridized carbons (Fsp3) is 0.364. The largest absolute Gasteiger partial charge is 0.342 e. The van der Waals surface area contributed by atoms with Gasteiger partial charge in [0.25, 0.3) is 0 Å². The normalized spacial score (nSPS) is 16.3. The summed E-state index contributed by atoms with van der Waals surface area (Å²) < 4.78 is 0. The van der Waals surface area contributed by atoms with Crippen molar-refractivity contribution in [3.63, 3.8) is 0 Å². The molecule has 1 aliphatic heterocycles. The van der Waals surface area contributed by atoms with Crippen LogP contribution in [0.2, 0.25) is 0 Å². The number of aromatic nitrogens is 2. The van der Waals surface area contributed by atoms with Crippen molar-refractivity contribution in [2.75, 3.05) is 26.2 Å². The third-order valence-corrected chi connectivity index (χ3v) is 8.27. The number of nitrogens with one attached hydrogen (secondary N) is 2. The van der Waals surface area contributed by atoms with Gasteiger partial charge < -0.3 is 10.3 Å². The number of aryl methyl sites for hydroxylation is 3. The number of benzene rings is 3. The van der Waals surface area contributed by atoms with Crippen LogP contribution in [0.3, 0.4) is 0 Å². The highest BCUT2D eigenvalue weighted by molar-refractivity contribution is 5.57. The Hall–Kier alpha value is -3.21. The Labute approximate surface area is 222 Å². The highest BCUT2D eigenvalue weighted by Gasteiger charge is 2.52. The average Bonchev–Trinajstić information content (AvgIpc) is 3.31. The first-order valence-electron chi connectivity index (χ1n) is 13.6. The molecule has 5 rings (SSSR count). The number of hydrogen-bond donors (Lipinski definition) is 2. The molecule has 1 fully saturated rings. The van der Waals surface area contributed by atoms with Gasteiger partial charge in [0.1, 0.15) is 5.82 Å². The molecule has 0 saturated carbocycles. The molecule has 3 aromatic carbocycles. The molecule has 0 bridgehead atoms. The van der Waals surface area contributed by atoms with Crippen molar-refractivity contribution in [1.29, 1.82) is 0 Å². The molecular weight excluding hydrogens is 452 g/mol. The number of piperazine rings is 1. The molecular formula is C33H40N4. The number of nitrogens with zero attached hydrogens (tertiary/aromatic N) is 2. The maximum atomic E-state index is 5.46. The van der Waals surface area contributed by atoms with Crippen LogP contribution in [0.5, 0.6) is 0 Å². The molecule has 37 heavy (non-hydrogen) atoms.